The van der Waals surface area contributed by atoms with Crippen LogP contribution in [-0.4, -0.2) is 37.1 Å². The average Bonchev–Trinajstić information content (AvgIpc) is 2.92. The second-order valence-corrected chi connectivity index (χ2v) is 4.64. The molecule has 1 rings (SSSR count). The monoisotopic (exact) mass is 266 g/mol. The summed E-state index contributed by atoms with van der Waals surface area (Å²) in [5.74, 6) is 1.78. The van der Waals surface area contributed by atoms with Gasteiger partial charge in [-0.1, -0.05) is 25.7 Å². The third kappa shape index (κ3) is 5.75. The molecule has 0 radical (unpaired) electrons. The van der Waals surface area contributed by atoms with Crippen LogP contribution in [0.3, 0.4) is 0 Å². The molecule has 1 fully saturated rings. The minimum Gasteiger partial charge on any atom is -0.365 e. The van der Waals surface area contributed by atoms with Gasteiger partial charge in [-0.05, 0) is 19.3 Å². The fourth-order valence-corrected chi connectivity index (χ4v) is 2.09. The summed E-state index contributed by atoms with van der Waals surface area (Å²) < 4.78 is 5.76. The van der Waals surface area contributed by atoms with E-state index in [2.05, 4.69) is 16.6 Å². The lowest BCUT2D eigenvalue weighted by atomic mass is 10.2. The second kappa shape index (κ2) is 8.54. The van der Waals surface area contributed by atoms with Gasteiger partial charge in [-0.15, -0.1) is 6.42 Å². The van der Waals surface area contributed by atoms with E-state index in [1.54, 1.807) is 0 Å². The molecule has 2 N–H and O–H groups in total. The molecule has 1 aliphatic carbocycles. The summed E-state index contributed by atoms with van der Waals surface area (Å²) in [4.78, 5) is 23.2. The first-order valence-corrected chi connectivity index (χ1v) is 6.80. The Labute approximate surface area is 114 Å². The lowest BCUT2D eigenvalue weighted by Crippen LogP contribution is -2.43. The predicted molar refractivity (Wildman–Crippen MR) is 72.3 cm³/mol. The van der Waals surface area contributed by atoms with E-state index in [4.69, 9.17) is 11.2 Å². The van der Waals surface area contributed by atoms with Crippen LogP contribution < -0.4 is 10.6 Å². The van der Waals surface area contributed by atoms with Crippen molar-refractivity contribution in [3.05, 3.63) is 0 Å². The van der Waals surface area contributed by atoms with Crippen molar-refractivity contribution in [3.8, 4) is 12.3 Å². The van der Waals surface area contributed by atoms with E-state index < -0.39 is 6.10 Å². The van der Waals surface area contributed by atoms with Gasteiger partial charge in [0.15, 0.2) is 0 Å². The first kappa shape index (κ1) is 15.5. The standard InChI is InChI=1S/C14H22N2O3/c1-3-9-15-13(17)10-16-14(18)12(4-2)19-11-7-5-6-8-11/h1,11-12H,4-10H2,2H3,(H,15,17)(H,16,18)/t12-/m0/s1. The Bertz CT molecular complexity index is 343. The molecular formula is C14H22N2O3. The molecule has 1 atom stereocenters. The zero-order valence-corrected chi connectivity index (χ0v) is 11.4. The SMILES string of the molecule is C#CCNC(=O)CNC(=O)[C@H](CC)OC1CCCC1. The van der Waals surface area contributed by atoms with Gasteiger partial charge in [0, 0.05) is 0 Å². The van der Waals surface area contributed by atoms with Crippen LogP contribution in [0.2, 0.25) is 0 Å². The van der Waals surface area contributed by atoms with Crippen molar-refractivity contribution in [1.82, 2.24) is 10.6 Å². The van der Waals surface area contributed by atoms with Crippen molar-refractivity contribution in [2.75, 3.05) is 13.1 Å². The molecule has 0 saturated heterocycles. The zero-order chi connectivity index (χ0) is 14.1. The van der Waals surface area contributed by atoms with E-state index in [1.807, 2.05) is 6.92 Å². The summed E-state index contributed by atoms with van der Waals surface area (Å²) in [7, 11) is 0. The largest absolute Gasteiger partial charge is 0.365 e. The molecule has 0 aromatic heterocycles. The number of carbonyl (C=O) groups is 2. The van der Waals surface area contributed by atoms with Crippen LogP contribution >= 0.6 is 0 Å². The molecule has 0 aromatic rings. The molecule has 0 heterocycles. The number of amides is 2. The third-order valence-electron chi connectivity index (χ3n) is 3.13. The molecule has 0 aromatic carbocycles. The van der Waals surface area contributed by atoms with Crippen molar-refractivity contribution in [2.45, 2.75) is 51.2 Å². The Morgan fingerprint density at radius 1 is 1.37 bits per heavy atom. The van der Waals surface area contributed by atoms with E-state index in [0.717, 1.165) is 25.7 Å². The van der Waals surface area contributed by atoms with Crippen LogP contribution in [0.25, 0.3) is 0 Å². The van der Waals surface area contributed by atoms with Gasteiger partial charge in [0.05, 0.1) is 19.2 Å². The van der Waals surface area contributed by atoms with E-state index in [-0.39, 0.29) is 31.0 Å². The van der Waals surface area contributed by atoms with E-state index >= 15 is 0 Å². The Morgan fingerprint density at radius 2 is 2.05 bits per heavy atom. The van der Waals surface area contributed by atoms with Crippen LogP contribution in [0.1, 0.15) is 39.0 Å². The smallest absolute Gasteiger partial charge is 0.249 e. The van der Waals surface area contributed by atoms with Crippen LogP contribution in [0.4, 0.5) is 0 Å². The predicted octanol–water partition coefficient (Wildman–Crippen LogP) is 0.590. The maximum Gasteiger partial charge on any atom is 0.249 e. The summed E-state index contributed by atoms with van der Waals surface area (Å²) >= 11 is 0. The highest BCUT2D eigenvalue weighted by atomic mass is 16.5. The summed E-state index contributed by atoms with van der Waals surface area (Å²) in [6.45, 7) is 2.01. The van der Waals surface area contributed by atoms with E-state index in [0.29, 0.717) is 6.42 Å². The summed E-state index contributed by atoms with van der Waals surface area (Å²) in [5, 5.41) is 5.06. The van der Waals surface area contributed by atoms with Crippen LogP contribution in [-0.2, 0) is 14.3 Å². The number of hydrogen-bond donors (Lipinski definition) is 2. The highest BCUT2D eigenvalue weighted by Crippen LogP contribution is 2.22. The Balaban J connectivity index is 2.28. The number of terminal acetylenes is 1. The molecule has 0 spiro atoms. The lowest BCUT2D eigenvalue weighted by Gasteiger charge is -2.20. The van der Waals surface area contributed by atoms with Crippen molar-refractivity contribution in [2.24, 2.45) is 0 Å². The van der Waals surface area contributed by atoms with Crippen molar-refractivity contribution >= 4 is 11.8 Å². The molecule has 19 heavy (non-hydrogen) atoms. The number of ether oxygens (including phenoxy) is 1. The minimum atomic E-state index is -0.469. The quantitative estimate of drug-likeness (QED) is 0.663. The van der Waals surface area contributed by atoms with Gasteiger partial charge in [0.25, 0.3) is 0 Å². The Morgan fingerprint density at radius 3 is 2.63 bits per heavy atom. The van der Waals surface area contributed by atoms with Crippen LogP contribution in [0.5, 0.6) is 0 Å². The second-order valence-electron chi connectivity index (χ2n) is 4.64. The van der Waals surface area contributed by atoms with Crippen molar-refractivity contribution in [1.29, 1.82) is 0 Å². The molecule has 1 aliphatic rings. The molecule has 1 saturated carbocycles. The first-order chi connectivity index (χ1) is 9.17. The molecular weight excluding hydrogens is 244 g/mol. The molecule has 0 bridgehead atoms. The van der Waals surface area contributed by atoms with Gasteiger partial charge in [0.2, 0.25) is 11.8 Å². The summed E-state index contributed by atoms with van der Waals surface area (Å²) in [6.07, 6.45) is 9.71. The maximum absolute atomic E-state index is 11.9. The average molecular weight is 266 g/mol. The Kier molecular flexibility index (Phi) is 6.98. The highest BCUT2D eigenvalue weighted by molar-refractivity contribution is 5.86. The van der Waals surface area contributed by atoms with Gasteiger partial charge < -0.3 is 15.4 Å². The molecule has 5 nitrogen and oxygen atoms in total. The lowest BCUT2D eigenvalue weighted by molar-refractivity contribution is -0.138. The maximum atomic E-state index is 11.9. The molecule has 0 aliphatic heterocycles. The van der Waals surface area contributed by atoms with Crippen molar-refractivity contribution in [3.63, 3.8) is 0 Å². The van der Waals surface area contributed by atoms with Crippen molar-refractivity contribution < 1.29 is 14.3 Å². The number of hydrogen-bond acceptors (Lipinski definition) is 3. The summed E-state index contributed by atoms with van der Waals surface area (Å²) in [6, 6.07) is 0. The van der Waals surface area contributed by atoms with E-state index in [9.17, 15) is 9.59 Å². The van der Waals surface area contributed by atoms with Crippen LogP contribution in [0.15, 0.2) is 0 Å². The van der Waals surface area contributed by atoms with E-state index in [1.165, 1.54) is 0 Å². The summed E-state index contributed by atoms with van der Waals surface area (Å²) in [5.41, 5.74) is 0. The number of rotatable bonds is 7. The fraction of sp³-hybridized carbons (Fsp3) is 0.714. The third-order valence-corrected chi connectivity index (χ3v) is 3.13. The topological polar surface area (TPSA) is 67.4 Å². The molecule has 106 valence electrons. The van der Waals surface area contributed by atoms with Gasteiger partial charge in [0.1, 0.15) is 6.10 Å². The minimum absolute atomic E-state index is 0.0644. The van der Waals surface area contributed by atoms with Gasteiger partial charge in [-0.25, -0.2) is 0 Å². The first-order valence-electron chi connectivity index (χ1n) is 6.80. The van der Waals surface area contributed by atoms with Gasteiger partial charge >= 0.3 is 0 Å². The molecule has 5 heteroatoms. The normalized spacial score (nSPS) is 16.6. The fourth-order valence-electron chi connectivity index (χ4n) is 2.09. The van der Waals surface area contributed by atoms with Gasteiger partial charge in [-0.2, -0.15) is 0 Å². The Hall–Kier alpha value is -1.54. The highest BCUT2D eigenvalue weighted by Gasteiger charge is 2.24. The zero-order valence-electron chi connectivity index (χ0n) is 11.4. The number of nitrogens with one attached hydrogen (secondary N) is 2. The number of carbonyl (C=O) groups excluding carboxylic acids is 2. The molecule has 0 unspecified atom stereocenters. The van der Waals surface area contributed by atoms with Crippen LogP contribution in [0, 0.1) is 12.3 Å². The van der Waals surface area contributed by atoms with Gasteiger partial charge in [-0.3, -0.25) is 9.59 Å². The molecule has 2 amide bonds.